The molecule has 0 aliphatic heterocycles. The fourth-order valence-electron chi connectivity index (χ4n) is 0.654. The molecule has 0 spiro atoms. The lowest BCUT2D eigenvalue weighted by atomic mass is 10.0. The third-order valence-electron chi connectivity index (χ3n) is 1.64. The highest BCUT2D eigenvalue weighted by Gasteiger charge is 2.26. The fraction of sp³-hybridized carbons (Fsp3) is 0.750. The van der Waals surface area contributed by atoms with Crippen molar-refractivity contribution in [1.82, 2.24) is 0 Å². The second-order valence-electron chi connectivity index (χ2n) is 2.60. The lowest BCUT2D eigenvalue weighted by molar-refractivity contribution is -0.157. The number of carbonyl (C=O) groups is 2. The van der Waals surface area contributed by atoms with Crippen LogP contribution in [0.1, 0.15) is 20.8 Å². The van der Waals surface area contributed by atoms with Crippen molar-refractivity contribution in [3.63, 3.8) is 0 Å². The summed E-state index contributed by atoms with van der Waals surface area (Å²) >= 11 is 0. The van der Waals surface area contributed by atoms with Crippen LogP contribution in [-0.2, 0) is 14.3 Å². The molecule has 0 aromatic rings. The SMILES string of the molecule is CCOC(=O)[C@@H](O)[C@@H](C)C(C)=O. The molecular formula is C8H14O4. The van der Waals surface area contributed by atoms with Crippen LogP contribution < -0.4 is 0 Å². The van der Waals surface area contributed by atoms with Crippen LogP contribution in [-0.4, -0.2) is 29.6 Å². The average molecular weight is 174 g/mol. The van der Waals surface area contributed by atoms with Gasteiger partial charge in [0.05, 0.1) is 12.5 Å². The fourth-order valence-corrected chi connectivity index (χ4v) is 0.654. The Labute approximate surface area is 71.5 Å². The van der Waals surface area contributed by atoms with Gasteiger partial charge in [-0.1, -0.05) is 6.92 Å². The number of aliphatic hydroxyl groups excluding tert-OH is 1. The second-order valence-corrected chi connectivity index (χ2v) is 2.60. The van der Waals surface area contributed by atoms with Crippen LogP contribution in [0.5, 0.6) is 0 Å². The van der Waals surface area contributed by atoms with Crippen LogP contribution in [0.2, 0.25) is 0 Å². The molecule has 0 aliphatic rings. The van der Waals surface area contributed by atoms with Crippen molar-refractivity contribution in [2.24, 2.45) is 5.92 Å². The van der Waals surface area contributed by atoms with Crippen molar-refractivity contribution in [1.29, 1.82) is 0 Å². The molecular weight excluding hydrogens is 160 g/mol. The van der Waals surface area contributed by atoms with Gasteiger partial charge >= 0.3 is 5.97 Å². The van der Waals surface area contributed by atoms with Gasteiger partial charge in [0.25, 0.3) is 0 Å². The first kappa shape index (κ1) is 11.1. The Hall–Kier alpha value is -0.900. The molecule has 0 unspecified atom stereocenters. The minimum atomic E-state index is -1.33. The van der Waals surface area contributed by atoms with E-state index in [1.807, 2.05) is 0 Å². The van der Waals surface area contributed by atoms with E-state index in [0.29, 0.717) is 0 Å². The Morgan fingerprint density at radius 2 is 2.00 bits per heavy atom. The molecule has 0 amide bonds. The number of Topliss-reactive ketones (excluding diaryl/α,β-unsaturated/α-hetero) is 1. The molecule has 0 fully saturated rings. The monoisotopic (exact) mass is 174 g/mol. The van der Waals surface area contributed by atoms with E-state index >= 15 is 0 Å². The molecule has 0 saturated carbocycles. The first-order chi connectivity index (χ1) is 5.50. The Kier molecular flexibility index (Phi) is 4.51. The van der Waals surface area contributed by atoms with Gasteiger partial charge in [0.1, 0.15) is 5.78 Å². The average Bonchev–Trinajstić information content (AvgIpc) is 2.02. The van der Waals surface area contributed by atoms with Crippen LogP contribution in [0.4, 0.5) is 0 Å². The highest BCUT2D eigenvalue weighted by atomic mass is 16.5. The minimum absolute atomic E-state index is 0.209. The van der Waals surface area contributed by atoms with Crippen molar-refractivity contribution in [3.05, 3.63) is 0 Å². The number of ketones is 1. The zero-order valence-corrected chi connectivity index (χ0v) is 7.53. The second kappa shape index (κ2) is 4.87. The number of aliphatic hydroxyl groups is 1. The topological polar surface area (TPSA) is 63.6 Å². The summed E-state index contributed by atoms with van der Waals surface area (Å²) in [6.45, 7) is 4.67. The molecule has 0 rings (SSSR count). The maximum Gasteiger partial charge on any atom is 0.335 e. The highest BCUT2D eigenvalue weighted by Crippen LogP contribution is 2.05. The van der Waals surface area contributed by atoms with Crippen LogP contribution >= 0.6 is 0 Å². The van der Waals surface area contributed by atoms with Gasteiger partial charge in [-0.2, -0.15) is 0 Å². The van der Waals surface area contributed by atoms with Gasteiger partial charge in [-0.05, 0) is 13.8 Å². The van der Waals surface area contributed by atoms with Gasteiger partial charge in [0, 0.05) is 0 Å². The Bertz CT molecular complexity index is 176. The molecule has 0 aromatic carbocycles. The molecule has 0 bridgehead atoms. The van der Waals surface area contributed by atoms with Crippen LogP contribution in [0.15, 0.2) is 0 Å². The molecule has 0 aliphatic carbocycles. The lowest BCUT2D eigenvalue weighted by Crippen LogP contribution is -2.33. The van der Waals surface area contributed by atoms with Crippen molar-refractivity contribution in [2.75, 3.05) is 6.61 Å². The normalized spacial score (nSPS) is 15.0. The number of hydrogen-bond donors (Lipinski definition) is 1. The number of hydrogen-bond acceptors (Lipinski definition) is 4. The van der Waals surface area contributed by atoms with Crippen LogP contribution in [0.25, 0.3) is 0 Å². The largest absolute Gasteiger partial charge is 0.464 e. The van der Waals surface area contributed by atoms with Gasteiger partial charge in [-0.3, -0.25) is 4.79 Å². The van der Waals surface area contributed by atoms with Gasteiger partial charge in [-0.15, -0.1) is 0 Å². The summed E-state index contributed by atoms with van der Waals surface area (Å²) < 4.78 is 4.53. The summed E-state index contributed by atoms with van der Waals surface area (Å²) in [5.41, 5.74) is 0. The van der Waals surface area contributed by atoms with Crippen molar-refractivity contribution >= 4 is 11.8 Å². The first-order valence-electron chi connectivity index (χ1n) is 3.85. The van der Waals surface area contributed by atoms with Crippen LogP contribution in [0.3, 0.4) is 0 Å². The number of carbonyl (C=O) groups excluding carboxylic acids is 2. The zero-order chi connectivity index (χ0) is 9.72. The van der Waals surface area contributed by atoms with E-state index in [2.05, 4.69) is 4.74 Å². The molecule has 4 heteroatoms. The van der Waals surface area contributed by atoms with E-state index in [1.165, 1.54) is 13.8 Å². The Morgan fingerprint density at radius 3 is 2.33 bits per heavy atom. The van der Waals surface area contributed by atoms with Crippen molar-refractivity contribution in [2.45, 2.75) is 26.9 Å². The predicted molar refractivity (Wildman–Crippen MR) is 42.5 cm³/mol. The number of esters is 1. The first-order valence-corrected chi connectivity index (χ1v) is 3.85. The highest BCUT2D eigenvalue weighted by molar-refractivity contribution is 5.86. The molecule has 1 N–H and O–H groups in total. The van der Waals surface area contributed by atoms with Gasteiger partial charge in [0.15, 0.2) is 6.10 Å². The number of rotatable bonds is 4. The molecule has 0 radical (unpaired) electrons. The summed E-state index contributed by atoms with van der Waals surface area (Å²) in [6, 6.07) is 0. The summed E-state index contributed by atoms with van der Waals surface area (Å²) in [6.07, 6.45) is -1.33. The van der Waals surface area contributed by atoms with E-state index < -0.39 is 18.0 Å². The van der Waals surface area contributed by atoms with Gasteiger partial charge in [-0.25, -0.2) is 4.79 Å². The third-order valence-corrected chi connectivity index (χ3v) is 1.64. The standard InChI is InChI=1S/C8H14O4/c1-4-12-8(11)7(10)5(2)6(3)9/h5,7,10H,4H2,1-3H3/t5-,7-/m0/s1. The van der Waals surface area contributed by atoms with E-state index in [0.717, 1.165) is 0 Å². The van der Waals surface area contributed by atoms with Gasteiger partial charge in [0.2, 0.25) is 0 Å². The molecule has 4 nitrogen and oxygen atoms in total. The minimum Gasteiger partial charge on any atom is -0.464 e. The lowest BCUT2D eigenvalue weighted by Gasteiger charge is -2.13. The van der Waals surface area contributed by atoms with Crippen molar-refractivity contribution < 1.29 is 19.4 Å². The van der Waals surface area contributed by atoms with E-state index in [4.69, 9.17) is 0 Å². The smallest absolute Gasteiger partial charge is 0.335 e. The molecule has 0 saturated heterocycles. The summed E-state index contributed by atoms with van der Waals surface area (Å²) in [5.74, 6) is -1.65. The van der Waals surface area contributed by atoms with Crippen molar-refractivity contribution in [3.8, 4) is 0 Å². The van der Waals surface area contributed by atoms with E-state index in [9.17, 15) is 14.7 Å². The third kappa shape index (κ3) is 3.00. The summed E-state index contributed by atoms with van der Waals surface area (Å²) in [7, 11) is 0. The quantitative estimate of drug-likeness (QED) is 0.615. The van der Waals surface area contributed by atoms with Crippen LogP contribution in [0, 0.1) is 5.92 Å². The summed E-state index contributed by atoms with van der Waals surface area (Å²) in [4.78, 5) is 21.6. The summed E-state index contributed by atoms with van der Waals surface area (Å²) in [5, 5.41) is 9.19. The van der Waals surface area contributed by atoms with E-state index in [1.54, 1.807) is 6.92 Å². The Morgan fingerprint density at radius 1 is 1.50 bits per heavy atom. The van der Waals surface area contributed by atoms with E-state index in [-0.39, 0.29) is 12.4 Å². The molecule has 0 heterocycles. The molecule has 2 atom stereocenters. The Balaban J connectivity index is 4.09. The maximum absolute atomic E-state index is 10.9. The van der Waals surface area contributed by atoms with Gasteiger partial charge < -0.3 is 9.84 Å². The maximum atomic E-state index is 10.9. The molecule has 12 heavy (non-hydrogen) atoms. The number of ether oxygens (including phenoxy) is 1. The zero-order valence-electron chi connectivity index (χ0n) is 7.53. The molecule has 70 valence electrons. The predicted octanol–water partition coefficient (Wildman–Crippen LogP) is 0.135. The molecule has 0 aromatic heterocycles.